The lowest BCUT2D eigenvalue weighted by Crippen LogP contribution is -2.35. The Balaban J connectivity index is 1.83. The number of carbonyl (C=O) groups is 1. The standard InChI is InChI=1S/C14H15N3O3/c18-13-6-5-11(12-4-3-9-20-12)15-17(13)10-14(19)16-7-1-2-8-16/h3-6,9H,1-2,7-8,10H2. The molecule has 0 aliphatic carbocycles. The molecule has 1 aliphatic rings. The molecule has 0 unspecified atom stereocenters. The second kappa shape index (κ2) is 5.32. The van der Waals surface area contributed by atoms with Crippen molar-refractivity contribution in [3.05, 3.63) is 40.9 Å². The van der Waals surface area contributed by atoms with Crippen LogP contribution in [0.1, 0.15) is 12.8 Å². The lowest BCUT2D eigenvalue weighted by atomic mass is 10.3. The summed E-state index contributed by atoms with van der Waals surface area (Å²) in [5, 5.41) is 4.19. The van der Waals surface area contributed by atoms with Crippen molar-refractivity contribution in [1.82, 2.24) is 14.7 Å². The van der Waals surface area contributed by atoms with Gasteiger partial charge in [-0.2, -0.15) is 5.10 Å². The summed E-state index contributed by atoms with van der Waals surface area (Å²) < 4.78 is 6.44. The minimum atomic E-state index is -0.284. The van der Waals surface area contributed by atoms with Gasteiger partial charge < -0.3 is 9.32 Å². The molecule has 0 bridgehead atoms. The number of aromatic nitrogens is 2. The molecular formula is C14H15N3O3. The topological polar surface area (TPSA) is 68.3 Å². The summed E-state index contributed by atoms with van der Waals surface area (Å²) in [5.74, 6) is 0.515. The third-order valence-electron chi connectivity index (χ3n) is 3.38. The van der Waals surface area contributed by atoms with Gasteiger partial charge in [-0.15, -0.1) is 0 Å². The predicted molar refractivity (Wildman–Crippen MR) is 72.0 cm³/mol. The Morgan fingerprint density at radius 1 is 1.25 bits per heavy atom. The van der Waals surface area contributed by atoms with Gasteiger partial charge in [0.05, 0.1) is 6.26 Å². The fourth-order valence-corrected chi connectivity index (χ4v) is 2.31. The van der Waals surface area contributed by atoms with Crippen LogP contribution in [0.5, 0.6) is 0 Å². The average molecular weight is 273 g/mol. The van der Waals surface area contributed by atoms with Gasteiger partial charge in [0.25, 0.3) is 5.56 Å². The van der Waals surface area contributed by atoms with Crippen LogP contribution in [-0.4, -0.2) is 33.7 Å². The molecule has 3 rings (SSSR count). The number of nitrogens with zero attached hydrogens (tertiary/aromatic N) is 3. The van der Waals surface area contributed by atoms with Crippen LogP contribution >= 0.6 is 0 Å². The molecule has 0 radical (unpaired) electrons. The predicted octanol–water partition coefficient (Wildman–Crippen LogP) is 1.13. The van der Waals surface area contributed by atoms with Gasteiger partial charge in [-0.1, -0.05) is 0 Å². The second-order valence-electron chi connectivity index (χ2n) is 4.78. The maximum Gasteiger partial charge on any atom is 0.267 e. The van der Waals surface area contributed by atoms with Crippen LogP contribution in [0, 0.1) is 0 Å². The molecule has 1 aliphatic heterocycles. The summed E-state index contributed by atoms with van der Waals surface area (Å²) >= 11 is 0. The number of rotatable bonds is 3. The highest BCUT2D eigenvalue weighted by Gasteiger charge is 2.19. The Morgan fingerprint density at radius 2 is 2.05 bits per heavy atom. The van der Waals surface area contributed by atoms with E-state index in [9.17, 15) is 9.59 Å². The molecule has 6 heteroatoms. The van der Waals surface area contributed by atoms with Crippen LogP contribution in [0.25, 0.3) is 11.5 Å². The van der Waals surface area contributed by atoms with E-state index in [0.29, 0.717) is 11.5 Å². The van der Waals surface area contributed by atoms with Crippen molar-refractivity contribution in [3.63, 3.8) is 0 Å². The molecule has 1 amide bonds. The van der Waals surface area contributed by atoms with E-state index in [1.807, 2.05) is 0 Å². The van der Waals surface area contributed by atoms with Gasteiger partial charge in [-0.3, -0.25) is 9.59 Å². The van der Waals surface area contributed by atoms with Crippen LogP contribution in [-0.2, 0) is 11.3 Å². The molecule has 2 aromatic heterocycles. The molecular weight excluding hydrogens is 258 g/mol. The lowest BCUT2D eigenvalue weighted by molar-refractivity contribution is -0.131. The van der Waals surface area contributed by atoms with Crippen LogP contribution < -0.4 is 5.56 Å². The van der Waals surface area contributed by atoms with Gasteiger partial charge in [-0.25, -0.2) is 4.68 Å². The molecule has 0 aromatic carbocycles. The normalized spacial score (nSPS) is 14.7. The highest BCUT2D eigenvalue weighted by Crippen LogP contribution is 2.15. The molecule has 1 saturated heterocycles. The smallest absolute Gasteiger partial charge is 0.267 e. The molecule has 1 fully saturated rings. The Morgan fingerprint density at radius 3 is 2.75 bits per heavy atom. The Hall–Kier alpha value is -2.37. The van der Waals surface area contributed by atoms with E-state index in [-0.39, 0.29) is 18.0 Å². The Labute approximate surface area is 115 Å². The van der Waals surface area contributed by atoms with Gasteiger partial charge in [0, 0.05) is 19.2 Å². The number of furan rings is 1. The molecule has 0 atom stereocenters. The van der Waals surface area contributed by atoms with Gasteiger partial charge in [-0.05, 0) is 31.0 Å². The molecule has 20 heavy (non-hydrogen) atoms. The monoisotopic (exact) mass is 273 g/mol. The fourth-order valence-electron chi connectivity index (χ4n) is 2.31. The summed E-state index contributed by atoms with van der Waals surface area (Å²) in [6.45, 7) is 1.52. The molecule has 0 saturated carbocycles. The average Bonchev–Trinajstić information content (AvgIpc) is 3.14. The SMILES string of the molecule is O=C(Cn1nc(-c2ccco2)ccc1=O)N1CCCC1. The van der Waals surface area contributed by atoms with Gasteiger partial charge >= 0.3 is 0 Å². The molecule has 0 N–H and O–H groups in total. The maximum absolute atomic E-state index is 12.1. The third-order valence-corrected chi connectivity index (χ3v) is 3.38. The van der Waals surface area contributed by atoms with Gasteiger partial charge in [0.15, 0.2) is 5.76 Å². The van der Waals surface area contributed by atoms with Crippen molar-refractivity contribution in [2.24, 2.45) is 0 Å². The van der Waals surface area contributed by atoms with E-state index >= 15 is 0 Å². The highest BCUT2D eigenvalue weighted by molar-refractivity contribution is 5.76. The van der Waals surface area contributed by atoms with E-state index in [2.05, 4.69) is 5.10 Å². The summed E-state index contributed by atoms with van der Waals surface area (Å²) in [5.41, 5.74) is 0.261. The minimum absolute atomic E-state index is 0.0205. The van der Waals surface area contributed by atoms with Crippen LogP contribution in [0.15, 0.2) is 39.7 Å². The molecule has 0 spiro atoms. The first-order valence-corrected chi connectivity index (χ1v) is 6.64. The number of likely N-dealkylation sites (tertiary alicyclic amines) is 1. The summed E-state index contributed by atoms with van der Waals surface area (Å²) in [6.07, 6.45) is 3.60. The number of carbonyl (C=O) groups excluding carboxylic acids is 1. The van der Waals surface area contributed by atoms with E-state index in [1.54, 1.807) is 29.4 Å². The maximum atomic E-state index is 12.1. The van der Waals surface area contributed by atoms with Crippen molar-refractivity contribution in [1.29, 1.82) is 0 Å². The number of hydrogen-bond acceptors (Lipinski definition) is 4. The van der Waals surface area contributed by atoms with Crippen LogP contribution in [0.2, 0.25) is 0 Å². The van der Waals surface area contributed by atoms with E-state index in [4.69, 9.17) is 4.42 Å². The van der Waals surface area contributed by atoms with Crippen molar-refractivity contribution >= 4 is 5.91 Å². The van der Waals surface area contributed by atoms with Crippen molar-refractivity contribution in [2.75, 3.05) is 13.1 Å². The van der Waals surface area contributed by atoms with Crippen molar-refractivity contribution < 1.29 is 9.21 Å². The quantitative estimate of drug-likeness (QED) is 0.840. The van der Waals surface area contributed by atoms with Crippen LogP contribution in [0.3, 0.4) is 0 Å². The zero-order valence-electron chi connectivity index (χ0n) is 11.0. The van der Waals surface area contributed by atoms with Crippen LogP contribution in [0.4, 0.5) is 0 Å². The first-order chi connectivity index (χ1) is 9.74. The minimum Gasteiger partial charge on any atom is -0.463 e. The number of amides is 1. The summed E-state index contributed by atoms with van der Waals surface area (Å²) in [7, 11) is 0. The van der Waals surface area contributed by atoms with Gasteiger partial charge in [0.2, 0.25) is 5.91 Å². The van der Waals surface area contributed by atoms with Crippen molar-refractivity contribution in [2.45, 2.75) is 19.4 Å². The summed E-state index contributed by atoms with van der Waals surface area (Å²) in [6, 6.07) is 6.52. The third kappa shape index (κ3) is 2.49. The molecule has 104 valence electrons. The zero-order valence-corrected chi connectivity index (χ0v) is 11.0. The Bertz CT molecular complexity index is 655. The molecule has 2 aromatic rings. The van der Waals surface area contributed by atoms with Gasteiger partial charge in [0.1, 0.15) is 12.2 Å². The second-order valence-corrected chi connectivity index (χ2v) is 4.78. The van der Waals surface area contributed by atoms with E-state index < -0.39 is 0 Å². The van der Waals surface area contributed by atoms with E-state index in [1.165, 1.54) is 10.7 Å². The summed E-state index contributed by atoms with van der Waals surface area (Å²) in [4.78, 5) is 25.6. The largest absolute Gasteiger partial charge is 0.463 e. The zero-order chi connectivity index (χ0) is 13.9. The molecule has 3 heterocycles. The van der Waals surface area contributed by atoms with Crippen molar-refractivity contribution in [3.8, 4) is 11.5 Å². The van der Waals surface area contributed by atoms with E-state index in [0.717, 1.165) is 25.9 Å². The first-order valence-electron chi connectivity index (χ1n) is 6.64. The number of hydrogen-bond donors (Lipinski definition) is 0. The Kier molecular flexibility index (Phi) is 3.37. The lowest BCUT2D eigenvalue weighted by Gasteiger charge is -2.15. The highest BCUT2D eigenvalue weighted by atomic mass is 16.3. The first kappa shape index (κ1) is 12.7. The fraction of sp³-hybridized carbons (Fsp3) is 0.357. The molecule has 6 nitrogen and oxygen atoms in total.